The molecule has 2 amide bonds. The van der Waals surface area contributed by atoms with Crippen LogP contribution in [0.3, 0.4) is 0 Å². The predicted molar refractivity (Wildman–Crippen MR) is 99.8 cm³/mol. The largest absolute Gasteiger partial charge is 0.511 e. The second kappa shape index (κ2) is 7.14. The summed E-state index contributed by atoms with van der Waals surface area (Å²) in [4.78, 5) is 24.8. The smallest absolute Gasteiger partial charge is 0.264 e. The van der Waals surface area contributed by atoms with Gasteiger partial charge in [-0.2, -0.15) is 0 Å². The summed E-state index contributed by atoms with van der Waals surface area (Å²) in [7, 11) is 0. The van der Waals surface area contributed by atoms with Crippen LogP contribution in [0.4, 0.5) is 5.69 Å². The highest BCUT2D eigenvalue weighted by Gasteiger charge is 2.41. The summed E-state index contributed by atoms with van der Waals surface area (Å²) in [6.07, 6.45) is 8.98. The van der Waals surface area contributed by atoms with Gasteiger partial charge >= 0.3 is 0 Å². The molecule has 0 spiro atoms. The van der Waals surface area contributed by atoms with E-state index < -0.39 is 11.8 Å². The highest BCUT2D eigenvalue weighted by molar-refractivity contribution is 6.23. The molecule has 5 nitrogen and oxygen atoms in total. The van der Waals surface area contributed by atoms with Gasteiger partial charge in [-0.05, 0) is 49.3 Å². The lowest BCUT2D eigenvalue weighted by Gasteiger charge is -2.27. The summed E-state index contributed by atoms with van der Waals surface area (Å²) in [6, 6.07) is 7.87. The lowest BCUT2D eigenvalue weighted by Crippen LogP contribution is -2.46. The maximum Gasteiger partial charge on any atom is 0.264 e. The van der Waals surface area contributed by atoms with Crippen LogP contribution < -0.4 is 10.6 Å². The van der Waals surface area contributed by atoms with Gasteiger partial charge in [0.2, 0.25) is 0 Å². The summed E-state index contributed by atoms with van der Waals surface area (Å²) in [6.45, 7) is 0. The second-order valence-electron chi connectivity index (χ2n) is 7.79. The molecule has 1 aliphatic heterocycles. The van der Waals surface area contributed by atoms with Crippen LogP contribution in [-0.4, -0.2) is 23.0 Å². The topological polar surface area (TPSA) is 78.4 Å². The molecule has 1 heterocycles. The molecule has 26 heavy (non-hydrogen) atoms. The minimum Gasteiger partial charge on any atom is -0.511 e. The van der Waals surface area contributed by atoms with Crippen molar-refractivity contribution < 1.29 is 14.7 Å². The molecule has 4 rings (SSSR count). The Balaban J connectivity index is 1.47. The monoisotopic (exact) mass is 354 g/mol. The first kappa shape index (κ1) is 17.1. The summed E-state index contributed by atoms with van der Waals surface area (Å²) < 4.78 is 0. The summed E-state index contributed by atoms with van der Waals surface area (Å²) in [5.41, 5.74) is 1.83. The van der Waals surface area contributed by atoms with E-state index in [1.54, 1.807) is 0 Å². The summed E-state index contributed by atoms with van der Waals surface area (Å²) >= 11 is 0. The van der Waals surface area contributed by atoms with E-state index in [9.17, 15) is 14.7 Å². The van der Waals surface area contributed by atoms with Gasteiger partial charge < -0.3 is 15.7 Å². The third-order valence-electron chi connectivity index (χ3n) is 6.14. The number of fused-ring (bicyclic) bond motifs is 1. The summed E-state index contributed by atoms with van der Waals surface area (Å²) in [5.74, 6) is -0.559. The maximum atomic E-state index is 12.6. The van der Waals surface area contributed by atoms with E-state index in [0.29, 0.717) is 11.6 Å². The number of carbonyl (C=O) groups is 2. The fourth-order valence-corrected chi connectivity index (χ4v) is 4.69. The molecule has 1 aromatic carbocycles. The number of aliphatic hydroxyl groups is 1. The van der Waals surface area contributed by atoms with Crippen molar-refractivity contribution >= 4 is 17.5 Å². The van der Waals surface area contributed by atoms with Gasteiger partial charge in [0.25, 0.3) is 11.8 Å². The van der Waals surface area contributed by atoms with E-state index in [2.05, 4.69) is 22.8 Å². The highest BCUT2D eigenvalue weighted by Crippen LogP contribution is 2.36. The van der Waals surface area contributed by atoms with E-state index >= 15 is 0 Å². The lowest BCUT2D eigenvalue weighted by atomic mass is 9.84. The number of hydrogen-bond donors (Lipinski definition) is 3. The normalized spacial score (nSPS) is 26.4. The van der Waals surface area contributed by atoms with E-state index in [1.807, 2.05) is 12.1 Å². The van der Waals surface area contributed by atoms with E-state index in [-0.39, 0.29) is 23.3 Å². The number of hydrogen-bond acceptors (Lipinski definition) is 3. The minimum absolute atomic E-state index is 0.0335. The van der Waals surface area contributed by atoms with Crippen LogP contribution in [0.5, 0.6) is 0 Å². The number of carbonyl (C=O) groups excluding carboxylic acids is 2. The molecule has 2 fully saturated rings. The Hall–Kier alpha value is -2.30. The Bertz CT molecular complexity index is 732. The molecule has 0 radical (unpaired) electrons. The lowest BCUT2D eigenvalue weighted by molar-refractivity contribution is -0.123. The second-order valence-corrected chi connectivity index (χ2v) is 7.79. The molecule has 0 saturated heterocycles. The molecule has 0 bridgehead atoms. The van der Waals surface area contributed by atoms with Crippen molar-refractivity contribution in [2.75, 3.05) is 5.32 Å². The van der Waals surface area contributed by atoms with Gasteiger partial charge in [0.05, 0.1) is 0 Å². The molecule has 3 aliphatic rings. The summed E-state index contributed by atoms with van der Waals surface area (Å²) in [5, 5.41) is 16.1. The number of aliphatic hydroxyl groups excluding tert-OH is 1. The Morgan fingerprint density at radius 3 is 2.46 bits per heavy atom. The predicted octanol–water partition coefficient (Wildman–Crippen LogP) is 3.78. The van der Waals surface area contributed by atoms with Gasteiger partial charge in [0, 0.05) is 17.6 Å². The van der Waals surface area contributed by atoms with Crippen LogP contribution in [-0.2, 0) is 9.59 Å². The van der Waals surface area contributed by atoms with Crippen LogP contribution in [0.1, 0.15) is 62.8 Å². The number of rotatable bonds is 3. The van der Waals surface area contributed by atoms with Crippen LogP contribution in [0.25, 0.3) is 0 Å². The zero-order chi connectivity index (χ0) is 18.1. The van der Waals surface area contributed by atoms with Crippen LogP contribution in [0.15, 0.2) is 35.6 Å². The first-order chi connectivity index (χ1) is 12.6. The van der Waals surface area contributed by atoms with Crippen molar-refractivity contribution in [1.82, 2.24) is 5.32 Å². The molecule has 138 valence electrons. The van der Waals surface area contributed by atoms with Crippen LogP contribution >= 0.6 is 0 Å². The van der Waals surface area contributed by atoms with Crippen molar-refractivity contribution in [2.24, 2.45) is 5.92 Å². The van der Waals surface area contributed by atoms with Gasteiger partial charge in [0.15, 0.2) is 0 Å². The Morgan fingerprint density at radius 2 is 1.73 bits per heavy atom. The van der Waals surface area contributed by atoms with Gasteiger partial charge in [-0.25, -0.2) is 0 Å². The molecular formula is C21H26N2O3. The van der Waals surface area contributed by atoms with Gasteiger partial charge in [0.1, 0.15) is 11.3 Å². The minimum atomic E-state index is -0.532. The third-order valence-corrected chi connectivity index (χ3v) is 6.14. The third kappa shape index (κ3) is 3.22. The number of amides is 2. The van der Waals surface area contributed by atoms with E-state index in [1.165, 1.54) is 37.7 Å². The van der Waals surface area contributed by atoms with Gasteiger partial charge in [-0.1, -0.05) is 37.8 Å². The standard InChI is InChI=1S/C21H26N2O3/c24-19-16-7-4-8-17(16)23-21(26)18(19)20(25)22-15-11-9-14(10-12-15)13-5-2-1-3-6-13/h9-13,16-17,24H,1-8H2,(H,22,25)(H,23,26)/t16-,17+/m0/s1. The van der Waals surface area contributed by atoms with Crippen molar-refractivity contribution in [2.45, 2.75) is 63.3 Å². The SMILES string of the molecule is O=C(Nc1ccc(C2CCCCC2)cc1)C1=C(O)[C@H]2CCC[C@H]2NC1=O. The van der Waals surface area contributed by atoms with Crippen molar-refractivity contribution in [3.05, 3.63) is 41.2 Å². The Labute approximate surface area is 153 Å². The van der Waals surface area contributed by atoms with Crippen LogP contribution in [0.2, 0.25) is 0 Å². The first-order valence-electron chi connectivity index (χ1n) is 9.79. The average molecular weight is 354 g/mol. The molecule has 2 saturated carbocycles. The molecular weight excluding hydrogens is 328 g/mol. The van der Waals surface area contributed by atoms with E-state index in [0.717, 1.165) is 19.3 Å². The Kier molecular flexibility index (Phi) is 4.70. The Morgan fingerprint density at radius 1 is 1.00 bits per heavy atom. The maximum absolute atomic E-state index is 12.6. The first-order valence-corrected chi connectivity index (χ1v) is 9.79. The van der Waals surface area contributed by atoms with Crippen molar-refractivity contribution in [3.63, 3.8) is 0 Å². The number of benzene rings is 1. The van der Waals surface area contributed by atoms with Crippen molar-refractivity contribution in [1.29, 1.82) is 0 Å². The molecule has 2 atom stereocenters. The molecule has 2 aliphatic carbocycles. The molecule has 5 heteroatoms. The zero-order valence-electron chi connectivity index (χ0n) is 15.0. The van der Waals surface area contributed by atoms with Crippen LogP contribution in [0, 0.1) is 5.92 Å². The van der Waals surface area contributed by atoms with Crippen molar-refractivity contribution in [3.8, 4) is 0 Å². The zero-order valence-corrected chi connectivity index (χ0v) is 15.0. The highest BCUT2D eigenvalue weighted by atomic mass is 16.3. The molecule has 0 unspecified atom stereocenters. The van der Waals surface area contributed by atoms with Gasteiger partial charge in [-0.15, -0.1) is 0 Å². The average Bonchev–Trinajstić information content (AvgIpc) is 3.12. The molecule has 3 N–H and O–H groups in total. The number of nitrogens with one attached hydrogen (secondary N) is 2. The number of anilines is 1. The van der Waals surface area contributed by atoms with E-state index in [4.69, 9.17) is 0 Å². The van der Waals surface area contributed by atoms with Gasteiger partial charge in [-0.3, -0.25) is 9.59 Å². The quantitative estimate of drug-likeness (QED) is 0.723. The fourth-order valence-electron chi connectivity index (χ4n) is 4.69. The molecule has 0 aromatic heterocycles. The molecule has 1 aromatic rings. The fraction of sp³-hybridized carbons (Fsp3) is 0.524.